The molecule has 0 bridgehead atoms. The number of benzene rings is 3. The third kappa shape index (κ3) is 5.36. The SMILES string of the molecule is COc1ccc(C(=O)N2CC[C@H](NCc3ccnc4ccccc34)C[C@H]2Cc2ccccc2)cc1. The molecule has 1 aromatic heterocycles. The molecule has 1 aliphatic heterocycles. The Labute approximate surface area is 206 Å². The van der Waals surface area contributed by atoms with E-state index in [0.29, 0.717) is 11.6 Å². The molecule has 0 radical (unpaired) electrons. The van der Waals surface area contributed by atoms with E-state index in [1.165, 1.54) is 16.5 Å². The topological polar surface area (TPSA) is 54.5 Å². The fourth-order valence-corrected chi connectivity index (χ4v) is 5.05. The maximum atomic E-state index is 13.5. The maximum absolute atomic E-state index is 13.5. The Hall–Kier alpha value is -3.70. The quantitative estimate of drug-likeness (QED) is 0.405. The Balaban J connectivity index is 1.32. The molecule has 3 aromatic carbocycles. The Morgan fingerprint density at radius 3 is 2.57 bits per heavy atom. The molecule has 0 aliphatic carbocycles. The molecule has 1 saturated heterocycles. The number of hydrogen-bond donors (Lipinski definition) is 1. The van der Waals surface area contributed by atoms with Gasteiger partial charge in [-0.05, 0) is 66.8 Å². The summed E-state index contributed by atoms with van der Waals surface area (Å²) in [5, 5.41) is 4.97. The number of aromatic nitrogens is 1. The largest absolute Gasteiger partial charge is 0.497 e. The minimum absolute atomic E-state index is 0.0900. The van der Waals surface area contributed by atoms with Crippen LogP contribution in [0.4, 0.5) is 0 Å². The van der Waals surface area contributed by atoms with E-state index >= 15 is 0 Å². The molecule has 4 aromatic rings. The number of hydrogen-bond acceptors (Lipinski definition) is 4. The number of methoxy groups -OCH3 is 1. The van der Waals surface area contributed by atoms with Gasteiger partial charge in [0.05, 0.1) is 12.6 Å². The molecule has 1 fully saturated rings. The second-order valence-corrected chi connectivity index (χ2v) is 9.16. The monoisotopic (exact) mass is 465 g/mol. The lowest BCUT2D eigenvalue weighted by atomic mass is 9.91. The number of pyridine rings is 1. The van der Waals surface area contributed by atoms with Crippen LogP contribution in [0.2, 0.25) is 0 Å². The van der Waals surface area contributed by atoms with Crippen molar-refractivity contribution >= 4 is 16.8 Å². The number of rotatable bonds is 7. The Bertz CT molecular complexity index is 1270. The summed E-state index contributed by atoms with van der Waals surface area (Å²) in [7, 11) is 1.64. The van der Waals surface area contributed by atoms with Crippen molar-refractivity contribution in [3.05, 3.63) is 108 Å². The number of fused-ring (bicyclic) bond motifs is 1. The van der Waals surface area contributed by atoms with E-state index < -0.39 is 0 Å². The van der Waals surface area contributed by atoms with E-state index in [0.717, 1.165) is 43.6 Å². The molecule has 5 nitrogen and oxygen atoms in total. The van der Waals surface area contributed by atoms with E-state index in [4.69, 9.17) is 4.74 Å². The van der Waals surface area contributed by atoms with Crippen LogP contribution in [0.3, 0.4) is 0 Å². The van der Waals surface area contributed by atoms with Gasteiger partial charge in [0, 0.05) is 42.3 Å². The molecule has 1 amide bonds. The minimum Gasteiger partial charge on any atom is -0.497 e. The van der Waals surface area contributed by atoms with Gasteiger partial charge in [0.2, 0.25) is 0 Å². The highest BCUT2D eigenvalue weighted by atomic mass is 16.5. The zero-order valence-electron chi connectivity index (χ0n) is 20.1. The lowest BCUT2D eigenvalue weighted by Gasteiger charge is -2.40. The summed E-state index contributed by atoms with van der Waals surface area (Å²) >= 11 is 0. The minimum atomic E-state index is 0.0900. The summed E-state index contributed by atoms with van der Waals surface area (Å²) in [5.74, 6) is 0.848. The van der Waals surface area contributed by atoms with Gasteiger partial charge in [0.25, 0.3) is 5.91 Å². The predicted molar refractivity (Wildman–Crippen MR) is 140 cm³/mol. The lowest BCUT2D eigenvalue weighted by molar-refractivity contribution is 0.0576. The number of likely N-dealkylation sites (tertiary alicyclic amines) is 1. The van der Waals surface area contributed by atoms with Crippen LogP contribution in [-0.2, 0) is 13.0 Å². The van der Waals surface area contributed by atoms with Crippen LogP contribution in [0, 0.1) is 0 Å². The second kappa shape index (κ2) is 10.7. The van der Waals surface area contributed by atoms with Crippen LogP contribution in [0.15, 0.2) is 91.1 Å². The number of amides is 1. The van der Waals surface area contributed by atoms with Crippen molar-refractivity contribution < 1.29 is 9.53 Å². The van der Waals surface area contributed by atoms with Crippen molar-refractivity contribution in [3.8, 4) is 5.75 Å². The van der Waals surface area contributed by atoms with Crippen LogP contribution >= 0.6 is 0 Å². The lowest BCUT2D eigenvalue weighted by Crippen LogP contribution is -2.51. The smallest absolute Gasteiger partial charge is 0.254 e. The Morgan fingerprint density at radius 1 is 1.00 bits per heavy atom. The molecule has 2 atom stereocenters. The summed E-state index contributed by atoms with van der Waals surface area (Å²) in [4.78, 5) is 20.0. The van der Waals surface area contributed by atoms with Gasteiger partial charge < -0.3 is 15.0 Å². The number of nitrogens with one attached hydrogen (secondary N) is 1. The zero-order chi connectivity index (χ0) is 24.0. The van der Waals surface area contributed by atoms with Crippen molar-refractivity contribution in [2.24, 2.45) is 0 Å². The molecule has 0 unspecified atom stereocenters. The third-order valence-electron chi connectivity index (χ3n) is 6.95. The van der Waals surface area contributed by atoms with Gasteiger partial charge >= 0.3 is 0 Å². The molecule has 5 heteroatoms. The average molecular weight is 466 g/mol. The van der Waals surface area contributed by atoms with Crippen molar-refractivity contribution in [1.82, 2.24) is 15.2 Å². The van der Waals surface area contributed by atoms with Crippen molar-refractivity contribution in [1.29, 1.82) is 0 Å². The number of piperidine rings is 1. The molecule has 0 saturated carbocycles. The van der Waals surface area contributed by atoms with Gasteiger partial charge in [-0.2, -0.15) is 0 Å². The highest BCUT2D eigenvalue weighted by Gasteiger charge is 2.32. The van der Waals surface area contributed by atoms with Gasteiger partial charge in [0.15, 0.2) is 0 Å². The predicted octanol–water partition coefficient (Wildman–Crippen LogP) is 5.25. The first kappa shape index (κ1) is 23.1. The van der Waals surface area contributed by atoms with Crippen molar-refractivity contribution in [3.63, 3.8) is 0 Å². The number of nitrogens with zero attached hydrogens (tertiary/aromatic N) is 2. The number of carbonyl (C=O) groups excluding carboxylic acids is 1. The summed E-state index contributed by atoms with van der Waals surface area (Å²) in [6.07, 6.45) is 4.57. The van der Waals surface area contributed by atoms with E-state index in [1.807, 2.05) is 42.6 Å². The summed E-state index contributed by atoms with van der Waals surface area (Å²) in [5.41, 5.74) is 4.24. The molecule has 178 valence electrons. The number of ether oxygens (including phenoxy) is 1. The fraction of sp³-hybridized carbons (Fsp3) is 0.267. The Kier molecular flexibility index (Phi) is 7.05. The van der Waals surface area contributed by atoms with Crippen LogP contribution in [-0.4, -0.2) is 41.5 Å². The first-order chi connectivity index (χ1) is 17.2. The van der Waals surface area contributed by atoms with E-state index in [1.54, 1.807) is 7.11 Å². The molecular formula is C30H31N3O2. The Morgan fingerprint density at radius 2 is 1.77 bits per heavy atom. The summed E-state index contributed by atoms with van der Waals surface area (Å²) in [6.45, 7) is 1.52. The molecule has 0 spiro atoms. The van der Waals surface area contributed by atoms with Crippen LogP contribution < -0.4 is 10.1 Å². The molecule has 1 N–H and O–H groups in total. The highest BCUT2D eigenvalue weighted by Crippen LogP contribution is 2.25. The zero-order valence-corrected chi connectivity index (χ0v) is 20.1. The van der Waals surface area contributed by atoms with E-state index in [2.05, 4.69) is 63.7 Å². The first-order valence-electron chi connectivity index (χ1n) is 12.3. The van der Waals surface area contributed by atoms with Gasteiger partial charge in [-0.25, -0.2) is 0 Å². The number of carbonyl (C=O) groups is 1. The third-order valence-corrected chi connectivity index (χ3v) is 6.95. The van der Waals surface area contributed by atoms with Gasteiger partial charge in [-0.1, -0.05) is 48.5 Å². The molecular weight excluding hydrogens is 434 g/mol. The van der Waals surface area contributed by atoms with Crippen LogP contribution in [0.5, 0.6) is 5.75 Å². The van der Waals surface area contributed by atoms with Gasteiger partial charge in [0.1, 0.15) is 5.75 Å². The van der Waals surface area contributed by atoms with Crippen LogP contribution in [0.1, 0.15) is 34.3 Å². The molecule has 5 rings (SSSR count). The highest BCUT2D eigenvalue weighted by molar-refractivity contribution is 5.94. The normalized spacial score (nSPS) is 17.9. The first-order valence-corrected chi connectivity index (χ1v) is 12.3. The average Bonchev–Trinajstić information content (AvgIpc) is 2.92. The molecule has 35 heavy (non-hydrogen) atoms. The van der Waals surface area contributed by atoms with Gasteiger partial charge in [-0.15, -0.1) is 0 Å². The molecule has 1 aliphatic rings. The second-order valence-electron chi connectivity index (χ2n) is 9.16. The van der Waals surface area contributed by atoms with Crippen LogP contribution in [0.25, 0.3) is 10.9 Å². The van der Waals surface area contributed by atoms with Gasteiger partial charge in [-0.3, -0.25) is 9.78 Å². The molecule has 2 heterocycles. The van der Waals surface area contributed by atoms with Crippen molar-refractivity contribution in [2.75, 3.05) is 13.7 Å². The number of para-hydroxylation sites is 1. The fourth-order valence-electron chi connectivity index (χ4n) is 5.05. The maximum Gasteiger partial charge on any atom is 0.254 e. The summed E-state index contributed by atoms with van der Waals surface area (Å²) < 4.78 is 5.26. The standard InChI is InChI=1S/C30H31N3O2/c1-35-27-13-11-23(12-14-27)30(34)33-18-16-25(20-26(33)19-22-7-3-2-4-8-22)32-21-24-15-17-31-29-10-6-5-9-28(24)29/h2-15,17,25-26,32H,16,18-21H2,1H3/t25-,26+/m0/s1. The van der Waals surface area contributed by atoms with E-state index in [-0.39, 0.29) is 11.9 Å². The van der Waals surface area contributed by atoms with Crippen molar-refractivity contribution in [2.45, 2.75) is 37.9 Å². The summed E-state index contributed by atoms with van der Waals surface area (Å²) in [6, 6.07) is 28.7. The van der Waals surface area contributed by atoms with E-state index in [9.17, 15) is 4.79 Å².